The van der Waals surface area contributed by atoms with Gasteiger partial charge in [0.1, 0.15) is 40.9 Å². The number of nitrogens with two attached hydrogens (primary N) is 1. The number of hydrogen-bond donors (Lipinski definition) is 5. The third kappa shape index (κ3) is 7.86. The van der Waals surface area contributed by atoms with Crippen LogP contribution in [0, 0.1) is 0 Å². The minimum Gasteiger partial charge on any atom is -0.505 e. The lowest BCUT2D eigenvalue weighted by molar-refractivity contribution is 0.0502. The van der Waals surface area contributed by atoms with E-state index in [9.17, 15) is 27.7 Å². The van der Waals surface area contributed by atoms with Crippen LogP contribution in [-0.4, -0.2) is 70.4 Å². The molecular formula is C30H31N7O8S. The zero-order chi connectivity index (χ0) is 33.3. The lowest BCUT2D eigenvalue weighted by Crippen LogP contribution is -2.17. The summed E-state index contributed by atoms with van der Waals surface area (Å²) in [6, 6.07) is 16.1. The number of esters is 2. The van der Waals surface area contributed by atoms with E-state index in [0.29, 0.717) is 13.1 Å². The van der Waals surface area contributed by atoms with E-state index in [1.807, 2.05) is 0 Å². The largest absolute Gasteiger partial charge is 0.505 e. The van der Waals surface area contributed by atoms with Gasteiger partial charge in [0.05, 0.1) is 16.8 Å². The van der Waals surface area contributed by atoms with Gasteiger partial charge in [-0.15, -0.1) is 20.5 Å². The summed E-state index contributed by atoms with van der Waals surface area (Å²) in [5.41, 5.74) is 5.87. The van der Waals surface area contributed by atoms with E-state index >= 15 is 0 Å². The average molecular weight is 650 g/mol. The topological polar surface area (TPSA) is 227 Å². The summed E-state index contributed by atoms with van der Waals surface area (Å²) in [6.07, 6.45) is 0. The van der Waals surface area contributed by atoms with Crippen molar-refractivity contribution in [3.8, 4) is 5.75 Å². The molecule has 240 valence electrons. The molecule has 0 aliphatic heterocycles. The number of anilines is 1. The highest BCUT2D eigenvalue weighted by molar-refractivity contribution is 7.86. The Morgan fingerprint density at radius 3 is 1.76 bits per heavy atom. The molecule has 0 aliphatic carbocycles. The van der Waals surface area contributed by atoms with Crippen molar-refractivity contribution in [3.05, 3.63) is 77.9 Å². The minimum absolute atomic E-state index is 0.00425. The highest BCUT2D eigenvalue weighted by Gasteiger charge is 2.24. The fourth-order valence-electron chi connectivity index (χ4n) is 4.15. The molecule has 4 aromatic carbocycles. The number of nitrogen functional groups attached to an aromatic ring is 1. The van der Waals surface area contributed by atoms with Gasteiger partial charge in [-0.2, -0.15) is 8.42 Å². The number of benzene rings is 4. The van der Waals surface area contributed by atoms with Crippen LogP contribution in [0.25, 0.3) is 10.8 Å². The van der Waals surface area contributed by atoms with Crippen LogP contribution in [0.4, 0.5) is 28.4 Å². The first-order chi connectivity index (χ1) is 22.1. The number of rotatable bonds is 13. The summed E-state index contributed by atoms with van der Waals surface area (Å²) in [7, 11) is -1.60. The Labute approximate surface area is 263 Å². The summed E-state index contributed by atoms with van der Waals surface area (Å²) >= 11 is 0. The third-order valence-corrected chi connectivity index (χ3v) is 7.32. The van der Waals surface area contributed by atoms with Gasteiger partial charge in [-0.05, 0) is 56.6 Å². The van der Waals surface area contributed by atoms with Crippen LogP contribution in [0.15, 0.2) is 92.1 Å². The van der Waals surface area contributed by atoms with Gasteiger partial charge in [0.25, 0.3) is 10.1 Å². The second-order valence-electron chi connectivity index (χ2n) is 9.56. The van der Waals surface area contributed by atoms with Gasteiger partial charge in [0, 0.05) is 23.9 Å². The van der Waals surface area contributed by atoms with E-state index in [0.717, 1.165) is 6.07 Å². The van der Waals surface area contributed by atoms with Gasteiger partial charge < -0.3 is 30.9 Å². The van der Waals surface area contributed by atoms with Gasteiger partial charge in [-0.25, -0.2) is 9.59 Å². The van der Waals surface area contributed by atoms with Crippen molar-refractivity contribution in [1.29, 1.82) is 0 Å². The lowest BCUT2D eigenvalue weighted by Gasteiger charge is -2.12. The van der Waals surface area contributed by atoms with E-state index in [4.69, 9.17) is 15.2 Å². The second kappa shape index (κ2) is 15.1. The first-order valence-electron chi connectivity index (χ1n) is 13.8. The Kier molecular flexibility index (Phi) is 11.1. The highest BCUT2D eigenvalue weighted by atomic mass is 32.2. The maximum absolute atomic E-state index is 12.6. The van der Waals surface area contributed by atoms with Crippen LogP contribution in [-0.2, 0) is 19.6 Å². The fourth-order valence-corrected chi connectivity index (χ4v) is 4.80. The van der Waals surface area contributed by atoms with Gasteiger partial charge in [0.2, 0.25) is 0 Å². The molecule has 46 heavy (non-hydrogen) atoms. The zero-order valence-electron chi connectivity index (χ0n) is 24.8. The van der Waals surface area contributed by atoms with Crippen molar-refractivity contribution in [2.45, 2.75) is 4.90 Å². The van der Waals surface area contributed by atoms with E-state index in [2.05, 4.69) is 31.1 Å². The number of aromatic hydroxyl groups is 1. The predicted molar refractivity (Wildman–Crippen MR) is 169 cm³/mol. The zero-order valence-corrected chi connectivity index (χ0v) is 25.6. The molecule has 0 aliphatic rings. The highest BCUT2D eigenvalue weighted by Crippen LogP contribution is 2.46. The number of hydrogen-bond acceptors (Lipinski definition) is 14. The summed E-state index contributed by atoms with van der Waals surface area (Å²) in [4.78, 5) is 24.4. The summed E-state index contributed by atoms with van der Waals surface area (Å²) in [6.45, 7) is 1.08. The predicted octanol–water partition coefficient (Wildman–Crippen LogP) is 4.96. The number of nitrogens with zero attached hydrogens (tertiary/aromatic N) is 4. The standard InChI is InChI=1S/C30H31N7O8S/c1-32-13-15-44-29(39)19-7-3-5-9-23(19)34-36-26-21-17-25(46(41,42)43)27(28(38)18(21)11-12-22(26)31)37-35-24-10-6-4-8-20(24)30(40)45-16-14-33-2/h3-12,17,32-33,38H,13-16,31H2,1-2H3,(H,41,42,43). The molecule has 0 saturated carbocycles. The van der Waals surface area contributed by atoms with Crippen LogP contribution in [0.1, 0.15) is 20.7 Å². The summed E-state index contributed by atoms with van der Waals surface area (Å²) in [5.74, 6) is -2.00. The number of nitrogens with one attached hydrogen (secondary N) is 2. The Bertz CT molecular complexity index is 1930. The van der Waals surface area contributed by atoms with Gasteiger partial charge in [-0.1, -0.05) is 24.3 Å². The molecule has 15 nitrogen and oxygen atoms in total. The first-order valence-corrected chi connectivity index (χ1v) is 15.2. The Morgan fingerprint density at radius 2 is 1.26 bits per heavy atom. The molecule has 0 heterocycles. The van der Waals surface area contributed by atoms with Crippen molar-refractivity contribution in [2.24, 2.45) is 20.5 Å². The van der Waals surface area contributed by atoms with E-state index in [1.54, 1.807) is 38.4 Å². The number of phenolic OH excluding ortho intramolecular Hbond substituents is 1. The summed E-state index contributed by atoms with van der Waals surface area (Å²) < 4.78 is 45.5. The monoisotopic (exact) mass is 649 g/mol. The van der Waals surface area contributed by atoms with Crippen LogP contribution < -0.4 is 16.4 Å². The summed E-state index contributed by atoms with van der Waals surface area (Å²) in [5, 5.41) is 33.2. The van der Waals surface area contributed by atoms with Crippen LogP contribution in [0.5, 0.6) is 5.75 Å². The van der Waals surface area contributed by atoms with Gasteiger partial charge >= 0.3 is 11.9 Å². The lowest BCUT2D eigenvalue weighted by atomic mass is 10.1. The van der Waals surface area contributed by atoms with Crippen molar-refractivity contribution in [3.63, 3.8) is 0 Å². The molecule has 0 aromatic heterocycles. The van der Waals surface area contributed by atoms with Crippen molar-refractivity contribution in [2.75, 3.05) is 46.1 Å². The van der Waals surface area contributed by atoms with Gasteiger partial charge in [0.15, 0.2) is 5.75 Å². The average Bonchev–Trinajstić information content (AvgIpc) is 3.03. The van der Waals surface area contributed by atoms with Crippen LogP contribution >= 0.6 is 0 Å². The molecule has 0 amide bonds. The molecule has 0 unspecified atom stereocenters. The number of likely N-dealkylation sites (N-methyl/N-ethyl adjacent to an activating group) is 2. The molecule has 6 N–H and O–H groups in total. The minimum atomic E-state index is -5.01. The Morgan fingerprint density at radius 1 is 0.761 bits per heavy atom. The number of azo groups is 2. The maximum atomic E-state index is 12.6. The number of phenols is 1. The normalized spacial score (nSPS) is 11.8. The van der Waals surface area contributed by atoms with E-state index in [1.165, 1.54) is 36.4 Å². The molecule has 4 aromatic rings. The Hall–Kier alpha value is -5.29. The number of carbonyl (C=O) groups excluding carboxylic acids is 2. The molecule has 0 radical (unpaired) electrons. The van der Waals surface area contributed by atoms with E-state index in [-0.39, 0.29) is 57.9 Å². The van der Waals surface area contributed by atoms with Crippen molar-refractivity contribution < 1.29 is 37.1 Å². The van der Waals surface area contributed by atoms with Crippen LogP contribution in [0.3, 0.4) is 0 Å². The Balaban J connectivity index is 1.79. The molecule has 0 fully saturated rings. The van der Waals surface area contributed by atoms with Crippen LogP contribution in [0.2, 0.25) is 0 Å². The van der Waals surface area contributed by atoms with Gasteiger partial charge in [-0.3, -0.25) is 4.55 Å². The molecule has 0 bridgehead atoms. The van der Waals surface area contributed by atoms with Crippen molar-refractivity contribution in [1.82, 2.24) is 10.6 Å². The molecule has 4 rings (SSSR count). The number of fused-ring (bicyclic) bond motifs is 1. The molecule has 16 heteroatoms. The molecule has 0 saturated heterocycles. The first kappa shape index (κ1) is 33.6. The molecular weight excluding hydrogens is 618 g/mol. The molecule has 0 atom stereocenters. The number of carbonyl (C=O) groups is 2. The second-order valence-corrected chi connectivity index (χ2v) is 10.9. The maximum Gasteiger partial charge on any atom is 0.340 e. The quantitative estimate of drug-likeness (QED) is 0.0427. The smallest absolute Gasteiger partial charge is 0.340 e. The number of ether oxygens (including phenoxy) is 2. The fraction of sp³-hybridized carbons (Fsp3) is 0.200. The van der Waals surface area contributed by atoms with Crippen molar-refractivity contribution >= 4 is 61.3 Å². The SMILES string of the molecule is CNCCOC(=O)c1ccccc1N=Nc1c(S(=O)(=O)O)cc2c(N=Nc3ccccc3C(=O)OCCNC)c(N)ccc2c1O. The molecule has 0 spiro atoms. The van der Waals surface area contributed by atoms with E-state index < -0.39 is 38.4 Å². The third-order valence-electron chi connectivity index (χ3n) is 6.45.